The quantitative estimate of drug-likeness (QED) is 0.469. The third kappa shape index (κ3) is 10.6. The molecule has 0 aromatic carbocycles. The standard InChI is InChI=1S/C16H32N2/c1-4-5-6-7-8-9-10-11-13-16(2)18(3)15-12-14-17/h16H,4-13,15H2,1-3H3. The van der Waals surface area contributed by atoms with E-state index in [0.717, 1.165) is 6.54 Å². The fourth-order valence-corrected chi connectivity index (χ4v) is 2.24. The molecule has 106 valence electrons. The molecule has 2 nitrogen and oxygen atoms in total. The number of hydrogen-bond donors (Lipinski definition) is 0. The molecular formula is C16H32N2. The number of rotatable bonds is 12. The smallest absolute Gasteiger partial charge is 0.0635 e. The van der Waals surface area contributed by atoms with Crippen molar-refractivity contribution in [2.24, 2.45) is 0 Å². The number of nitrogens with zero attached hydrogens (tertiary/aromatic N) is 2. The third-order valence-corrected chi connectivity index (χ3v) is 3.80. The second kappa shape index (κ2) is 12.9. The van der Waals surface area contributed by atoms with E-state index in [-0.39, 0.29) is 0 Å². The summed E-state index contributed by atoms with van der Waals surface area (Å²) in [6.07, 6.45) is 13.0. The first kappa shape index (κ1) is 17.4. The van der Waals surface area contributed by atoms with Crippen molar-refractivity contribution in [2.45, 2.75) is 84.1 Å². The van der Waals surface area contributed by atoms with Crippen LogP contribution in [0.1, 0.15) is 78.1 Å². The largest absolute Gasteiger partial charge is 0.303 e. The van der Waals surface area contributed by atoms with E-state index in [4.69, 9.17) is 5.26 Å². The Morgan fingerprint density at radius 3 is 2.11 bits per heavy atom. The van der Waals surface area contributed by atoms with Crippen LogP contribution >= 0.6 is 0 Å². The minimum atomic E-state index is 0.624. The van der Waals surface area contributed by atoms with Crippen LogP contribution in [0.25, 0.3) is 0 Å². The van der Waals surface area contributed by atoms with Crippen molar-refractivity contribution >= 4 is 0 Å². The molecule has 0 N–H and O–H groups in total. The summed E-state index contributed by atoms with van der Waals surface area (Å²) in [5.41, 5.74) is 0. The van der Waals surface area contributed by atoms with Gasteiger partial charge in [-0.3, -0.25) is 0 Å². The summed E-state index contributed by atoms with van der Waals surface area (Å²) >= 11 is 0. The van der Waals surface area contributed by atoms with E-state index >= 15 is 0 Å². The zero-order valence-electron chi connectivity index (χ0n) is 12.7. The summed E-state index contributed by atoms with van der Waals surface area (Å²) in [5, 5.41) is 8.55. The normalized spacial score (nSPS) is 12.6. The van der Waals surface area contributed by atoms with Gasteiger partial charge in [-0.15, -0.1) is 0 Å². The number of hydrogen-bond acceptors (Lipinski definition) is 2. The van der Waals surface area contributed by atoms with Crippen LogP contribution in [0.2, 0.25) is 0 Å². The highest BCUT2D eigenvalue weighted by atomic mass is 15.1. The first-order chi connectivity index (χ1) is 8.72. The molecule has 0 radical (unpaired) electrons. The summed E-state index contributed by atoms with van der Waals surface area (Å²) < 4.78 is 0. The fraction of sp³-hybridized carbons (Fsp3) is 0.938. The number of nitriles is 1. The predicted octanol–water partition coefficient (Wildman–Crippen LogP) is 4.75. The van der Waals surface area contributed by atoms with Gasteiger partial charge in [0.15, 0.2) is 0 Å². The van der Waals surface area contributed by atoms with Gasteiger partial charge in [0.2, 0.25) is 0 Å². The molecule has 1 atom stereocenters. The molecule has 1 unspecified atom stereocenters. The molecule has 2 heteroatoms. The topological polar surface area (TPSA) is 27.0 Å². The van der Waals surface area contributed by atoms with Crippen molar-refractivity contribution in [3.8, 4) is 6.07 Å². The molecule has 0 spiro atoms. The molecule has 0 fully saturated rings. The van der Waals surface area contributed by atoms with Gasteiger partial charge in [0.1, 0.15) is 0 Å². The van der Waals surface area contributed by atoms with Crippen LogP contribution in [0.5, 0.6) is 0 Å². The van der Waals surface area contributed by atoms with Crippen molar-refractivity contribution in [1.29, 1.82) is 5.26 Å². The average molecular weight is 252 g/mol. The van der Waals surface area contributed by atoms with Gasteiger partial charge in [-0.05, 0) is 20.4 Å². The zero-order chi connectivity index (χ0) is 13.6. The van der Waals surface area contributed by atoms with Crippen LogP contribution in [-0.4, -0.2) is 24.5 Å². The summed E-state index contributed by atoms with van der Waals surface area (Å²) in [7, 11) is 2.13. The molecule has 0 aliphatic rings. The Morgan fingerprint density at radius 2 is 1.56 bits per heavy atom. The summed E-state index contributed by atoms with van der Waals surface area (Å²) in [6.45, 7) is 5.46. The molecule has 0 heterocycles. The van der Waals surface area contributed by atoms with Crippen LogP contribution < -0.4 is 0 Å². The average Bonchev–Trinajstić information content (AvgIpc) is 2.38. The molecule has 0 amide bonds. The molecule has 0 saturated heterocycles. The third-order valence-electron chi connectivity index (χ3n) is 3.80. The summed E-state index contributed by atoms with van der Waals surface area (Å²) in [5.74, 6) is 0. The second-order valence-corrected chi connectivity index (χ2v) is 5.50. The molecule has 0 aliphatic heterocycles. The SMILES string of the molecule is CCCCCCCCCCC(C)N(C)CCC#N. The lowest BCUT2D eigenvalue weighted by atomic mass is 10.0. The van der Waals surface area contributed by atoms with Gasteiger partial charge >= 0.3 is 0 Å². The monoisotopic (exact) mass is 252 g/mol. The van der Waals surface area contributed by atoms with Gasteiger partial charge in [0.25, 0.3) is 0 Å². The molecule has 0 bridgehead atoms. The van der Waals surface area contributed by atoms with E-state index in [1.807, 2.05) is 0 Å². The Kier molecular flexibility index (Phi) is 12.5. The van der Waals surface area contributed by atoms with Crippen molar-refractivity contribution in [3.63, 3.8) is 0 Å². The van der Waals surface area contributed by atoms with Crippen molar-refractivity contribution in [3.05, 3.63) is 0 Å². The van der Waals surface area contributed by atoms with Crippen LogP contribution in [0.15, 0.2) is 0 Å². The first-order valence-electron chi connectivity index (χ1n) is 7.79. The van der Waals surface area contributed by atoms with E-state index in [9.17, 15) is 0 Å². The maximum absolute atomic E-state index is 8.55. The lowest BCUT2D eigenvalue weighted by molar-refractivity contribution is 0.246. The Morgan fingerprint density at radius 1 is 1.00 bits per heavy atom. The van der Waals surface area contributed by atoms with Crippen molar-refractivity contribution < 1.29 is 0 Å². The molecule has 0 rings (SSSR count). The summed E-state index contributed by atoms with van der Waals surface area (Å²) in [4.78, 5) is 2.31. The van der Waals surface area contributed by atoms with E-state index in [1.165, 1.54) is 57.8 Å². The molecular weight excluding hydrogens is 220 g/mol. The van der Waals surface area contributed by atoms with Gasteiger partial charge in [-0.1, -0.05) is 58.3 Å². The van der Waals surface area contributed by atoms with Crippen molar-refractivity contribution in [1.82, 2.24) is 4.90 Å². The zero-order valence-corrected chi connectivity index (χ0v) is 12.7. The second-order valence-electron chi connectivity index (χ2n) is 5.50. The van der Waals surface area contributed by atoms with E-state index in [1.54, 1.807) is 0 Å². The summed E-state index contributed by atoms with van der Waals surface area (Å²) in [6, 6.07) is 2.84. The number of unbranched alkanes of at least 4 members (excludes halogenated alkanes) is 7. The van der Waals surface area contributed by atoms with Gasteiger partial charge < -0.3 is 4.90 Å². The highest BCUT2D eigenvalue weighted by Gasteiger charge is 2.07. The minimum absolute atomic E-state index is 0.624. The highest BCUT2D eigenvalue weighted by molar-refractivity contribution is 4.73. The maximum Gasteiger partial charge on any atom is 0.0635 e. The molecule has 0 aromatic heterocycles. The molecule has 0 aromatic rings. The van der Waals surface area contributed by atoms with Crippen LogP contribution in [0, 0.1) is 11.3 Å². The highest BCUT2D eigenvalue weighted by Crippen LogP contribution is 2.12. The van der Waals surface area contributed by atoms with Gasteiger partial charge in [-0.25, -0.2) is 0 Å². The predicted molar refractivity (Wildman–Crippen MR) is 79.5 cm³/mol. The fourth-order valence-electron chi connectivity index (χ4n) is 2.24. The molecule has 0 aliphatic carbocycles. The Bertz CT molecular complexity index is 208. The van der Waals surface area contributed by atoms with Gasteiger partial charge in [-0.2, -0.15) is 5.26 Å². The van der Waals surface area contributed by atoms with Crippen LogP contribution in [-0.2, 0) is 0 Å². The lowest BCUT2D eigenvalue weighted by Gasteiger charge is -2.23. The van der Waals surface area contributed by atoms with E-state index < -0.39 is 0 Å². The minimum Gasteiger partial charge on any atom is -0.303 e. The van der Waals surface area contributed by atoms with Crippen LogP contribution in [0.4, 0.5) is 0 Å². The van der Waals surface area contributed by atoms with Crippen LogP contribution in [0.3, 0.4) is 0 Å². The lowest BCUT2D eigenvalue weighted by Crippen LogP contribution is -2.29. The molecule has 0 saturated carbocycles. The molecule has 18 heavy (non-hydrogen) atoms. The Labute approximate surface area is 114 Å². The van der Waals surface area contributed by atoms with Gasteiger partial charge in [0, 0.05) is 19.0 Å². The maximum atomic E-state index is 8.55. The van der Waals surface area contributed by atoms with E-state index in [2.05, 4.69) is 31.9 Å². The van der Waals surface area contributed by atoms with Crippen molar-refractivity contribution in [2.75, 3.05) is 13.6 Å². The Balaban J connectivity index is 3.29. The Hall–Kier alpha value is -0.550. The van der Waals surface area contributed by atoms with Gasteiger partial charge in [0.05, 0.1) is 6.07 Å². The van der Waals surface area contributed by atoms with E-state index in [0.29, 0.717) is 12.5 Å². The first-order valence-corrected chi connectivity index (χ1v) is 7.79.